The second-order valence-corrected chi connectivity index (χ2v) is 5.84. The number of anilines is 1. The first kappa shape index (κ1) is 16.7. The zero-order valence-electron chi connectivity index (χ0n) is 12.6. The topological polar surface area (TPSA) is 44.4 Å². The van der Waals surface area contributed by atoms with E-state index in [1.807, 2.05) is 4.90 Å². The van der Waals surface area contributed by atoms with Gasteiger partial charge in [-0.1, -0.05) is 6.42 Å². The van der Waals surface area contributed by atoms with Crippen LogP contribution in [0.25, 0.3) is 0 Å². The first-order valence-corrected chi connectivity index (χ1v) is 8.14. The number of hydrogen-bond acceptors (Lipinski definition) is 2. The zero-order valence-corrected chi connectivity index (χ0v) is 13.4. The third-order valence-electron chi connectivity index (χ3n) is 3.66. The summed E-state index contributed by atoms with van der Waals surface area (Å²) in [6, 6.07) is 6.05. The predicted molar refractivity (Wildman–Crippen MR) is 90.3 cm³/mol. The van der Waals surface area contributed by atoms with E-state index in [2.05, 4.69) is 10.6 Å². The van der Waals surface area contributed by atoms with Gasteiger partial charge < -0.3 is 15.5 Å². The largest absolute Gasteiger partial charge is 0.362 e. The van der Waals surface area contributed by atoms with Gasteiger partial charge in [0.05, 0.1) is 0 Å². The van der Waals surface area contributed by atoms with E-state index in [1.165, 1.54) is 12.1 Å². The fourth-order valence-corrected chi connectivity index (χ4v) is 2.68. The second-order valence-electron chi connectivity index (χ2n) is 5.43. The third kappa shape index (κ3) is 5.60. The number of nitrogens with zero attached hydrogens (tertiary/aromatic N) is 1. The minimum atomic E-state index is -0.272. The van der Waals surface area contributed by atoms with Crippen molar-refractivity contribution < 1.29 is 9.18 Å². The minimum Gasteiger partial charge on any atom is -0.362 e. The lowest BCUT2D eigenvalue weighted by Crippen LogP contribution is -2.35. The van der Waals surface area contributed by atoms with Crippen molar-refractivity contribution in [2.24, 2.45) is 0 Å². The molecule has 0 unspecified atom stereocenters. The molecular weight excluding hydrogens is 301 g/mol. The molecule has 1 heterocycles. The second kappa shape index (κ2) is 8.68. The molecule has 6 heteroatoms. The van der Waals surface area contributed by atoms with Crippen LogP contribution in [0.15, 0.2) is 24.3 Å². The average Bonchev–Trinajstić information content (AvgIpc) is 2.71. The normalized spacial score (nSPS) is 15.3. The van der Waals surface area contributed by atoms with Crippen LogP contribution >= 0.6 is 12.2 Å². The maximum absolute atomic E-state index is 12.8. The van der Waals surface area contributed by atoms with Crippen LogP contribution in [0.2, 0.25) is 0 Å². The number of benzene rings is 1. The minimum absolute atomic E-state index is 0.268. The lowest BCUT2D eigenvalue weighted by Gasteiger charge is -2.20. The summed E-state index contributed by atoms with van der Waals surface area (Å²) in [5.74, 6) is -0.00365. The highest BCUT2D eigenvalue weighted by molar-refractivity contribution is 7.80. The van der Waals surface area contributed by atoms with E-state index >= 15 is 0 Å². The third-order valence-corrected chi connectivity index (χ3v) is 3.91. The van der Waals surface area contributed by atoms with E-state index < -0.39 is 0 Å². The molecule has 0 bridgehead atoms. The Morgan fingerprint density at radius 2 is 2.00 bits per heavy atom. The highest BCUT2D eigenvalue weighted by Gasteiger charge is 2.15. The maximum atomic E-state index is 12.8. The van der Waals surface area contributed by atoms with Crippen LogP contribution in [0, 0.1) is 5.82 Å². The quantitative estimate of drug-likeness (QED) is 0.646. The molecular formula is C16H22FN3OS. The number of likely N-dealkylation sites (tertiary alicyclic amines) is 1. The van der Waals surface area contributed by atoms with Crippen molar-refractivity contribution >= 4 is 28.9 Å². The van der Waals surface area contributed by atoms with Gasteiger partial charge in [-0.05, 0) is 55.7 Å². The SMILES string of the molecule is O=C1CCCCCN1CCCNC(=S)Nc1ccc(F)cc1. The Labute approximate surface area is 136 Å². The molecule has 1 aliphatic rings. The summed E-state index contributed by atoms with van der Waals surface area (Å²) in [5.41, 5.74) is 0.751. The molecule has 120 valence electrons. The Morgan fingerprint density at radius 1 is 1.23 bits per heavy atom. The highest BCUT2D eigenvalue weighted by atomic mass is 32.1. The molecule has 0 aliphatic carbocycles. The molecule has 1 aliphatic heterocycles. The van der Waals surface area contributed by atoms with Crippen LogP contribution in [0.1, 0.15) is 32.1 Å². The summed E-state index contributed by atoms with van der Waals surface area (Å²) in [7, 11) is 0. The molecule has 22 heavy (non-hydrogen) atoms. The molecule has 0 aromatic heterocycles. The predicted octanol–water partition coefficient (Wildman–Crippen LogP) is 2.90. The number of carbonyl (C=O) groups excluding carboxylic acids is 1. The first-order chi connectivity index (χ1) is 10.6. The van der Waals surface area contributed by atoms with Crippen molar-refractivity contribution in [2.75, 3.05) is 25.0 Å². The Morgan fingerprint density at radius 3 is 2.77 bits per heavy atom. The van der Waals surface area contributed by atoms with Gasteiger partial charge >= 0.3 is 0 Å². The molecule has 2 rings (SSSR count). The molecule has 1 aromatic carbocycles. The summed E-state index contributed by atoms with van der Waals surface area (Å²) >= 11 is 5.19. The van der Waals surface area contributed by atoms with Gasteiger partial charge in [0, 0.05) is 31.7 Å². The number of carbonyl (C=O) groups is 1. The molecule has 0 radical (unpaired) electrons. The van der Waals surface area contributed by atoms with Gasteiger partial charge in [-0.3, -0.25) is 4.79 Å². The van der Waals surface area contributed by atoms with Gasteiger partial charge in [-0.2, -0.15) is 0 Å². The fraction of sp³-hybridized carbons (Fsp3) is 0.500. The summed E-state index contributed by atoms with van der Waals surface area (Å²) in [6.45, 7) is 2.35. The monoisotopic (exact) mass is 323 g/mol. The van der Waals surface area contributed by atoms with E-state index in [1.54, 1.807) is 12.1 Å². The number of nitrogens with one attached hydrogen (secondary N) is 2. The van der Waals surface area contributed by atoms with Crippen molar-refractivity contribution in [1.29, 1.82) is 0 Å². The maximum Gasteiger partial charge on any atom is 0.222 e. The van der Waals surface area contributed by atoms with Crippen molar-refractivity contribution in [3.05, 3.63) is 30.1 Å². The van der Waals surface area contributed by atoms with Crippen LogP contribution in [0.3, 0.4) is 0 Å². The van der Waals surface area contributed by atoms with Gasteiger partial charge in [0.15, 0.2) is 5.11 Å². The van der Waals surface area contributed by atoms with Crippen LogP contribution in [0.5, 0.6) is 0 Å². The molecule has 1 amide bonds. The zero-order chi connectivity index (χ0) is 15.8. The molecule has 1 fully saturated rings. The molecule has 0 atom stereocenters. The van der Waals surface area contributed by atoms with Crippen LogP contribution < -0.4 is 10.6 Å². The number of halogens is 1. The fourth-order valence-electron chi connectivity index (χ4n) is 2.46. The number of amides is 1. The van der Waals surface area contributed by atoms with Crippen molar-refractivity contribution in [1.82, 2.24) is 10.2 Å². The molecule has 0 saturated carbocycles. The van der Waals surface area contributed by atoms with Crippen LogP contribution in [-0.4, -0.2) is 35.6 Å². The van der Waals surface area contributed by atoms with Gasteiger partial charge in [-0.25, -0.2) is 4.39 Å². The Balaban J connectivity index is 1.64. The van der Waals surface area contributed by atoms with Gasteiger partial charge in [0.1, 0.15) is 5.82 Å². The van der Waals surface area contributed by atoms with E-state index in [0.29, 0.717) is 18.1 Å². The van der Waals surface area contributed by atoms with Crippen molar-refractivity contribution in [2.45, 2.75) is 32.1 Å². The Hall–Kier alpha value is -1.69. The summed E-state index contributed by atoms with van der Waals surface area (Å²) in [5, 5.41) is 6.61. The van der Waals surface area contributed by atoms with Crippen molar-refractivity contribution in [3.63, 3.8) is 0 Å². The first-order valence-electron chi connectivity index (χ1n) is 7.73. The molecule has 0 spiro atoms. The van der Waals surface area contributed by atoms with Gasteiger partial charge in [-0.15, -0.1) is 0 Å². The molecule has 1 saturated heterocycles. The molecule has 1 aromatic rings. The Bertz CT molecular complexity index is 507. The van der Waals surface area contributed by atoms with E-state index in [-0.39, 0.29) is 11.7 Å². The highest BCUT2D eigenvalue weighted by Crippen LogP contribution is 2.11. The van der Waals surface area contributed by atoms with Gasteiger partial charge in [0.2, 0.25) is 5.91 Å². The smallest absolute Gasteiger partial charge is 0.222 e. The van der Waals surface area contributed by atoms with E-state index in [0.717, 1.165) is 44.5 Å². The van der Waals surface area contributed by atoms with Crippen LogP contribution in [-0.2, 0) is 4.79 Å². The Kier molecular flexibility index (Phi) is 6.58. The number of hydrogen-bond donors (Lipinski definition) is 2. The lowest BCUT2D eigenvalue weighted by molar-refractivity contribution is -0.130. The average molecular weight is 323 g/mol. The van der Waals surface area contributed by atoms with E-state index in [9.17, 15) is 9.18 Å². The lowest BCUT2D eigenvalue weighted by atomic mass is 10.2. The summed E-state index contributed by atoms with van der Waals surface area (Å²) in [6.07, 6.45) is 4.80. The standard InChI is InChI=1S/C16H22FN3OS/c17-13-6-8-14(9-7-13)19-16(22)18-10-4-12-20-11-3-1-2-5-15(20)21/h6-9H,1-5,10-12H2,(H2,18,19,22). The number of thiocarbonyl (C=S) groups is 1. The molecule has 4 nitrogen and oxygen atoms in total. The summed E-state index contributed by atoms with van der Waals surface area (Å²) < 4.78 is 12.8. The van der Waals surface area contributed by atoms with Crippen LogP contribution in [0.4, 0.5) is 10.1 Å². The van der Waals surface area contributed by atoms with Crippen molar-refractivity contribution in [3.8, 4) is 0 Å². The molecule has 2 N–H and O–H groups in total. The van der Waals surface area contributed by atoms with E-state index in [4.69, 9.17) is 12.2 Å². The summed E-state index contributed by atoms with van der Waals surface area (Å²) in [4.78, 5) is 13.8. The number of rotatable bonds is 5. The van der Waals surface area contributed by atoms with Gasteiger partial charge in [0.25, 0.3) is 0 Å².